The number of aryl methyl sites for hydroxylation is 1. The monoisotopic (exact) mass is 320 g/mol. The Labute approximate surface area is 141 Å². The summed E-state index contributed by atoms with van der Waals surface area (Å²) in [7, 11) is 0. The van der Waals surface area contributed by atoms with Crippen LogP contribution in [0.1, 0.15) is 32.3 Å². The van der Waals surface area contributed by atoms with Gasteiger partial charge in [-0.15, -0.1) is 0 Å². The molecule has 0 saturated carbocycles. The van der Waals surface area contributed by atoms with Crippen LogP contribution >= 0.6 is 0 Å². The third-order valence-corrected chi connectivity index (χ3v) is 4.54. The molecular weight excluding hydrogens is 288 g/mol. The summed E-state index contributed by atoms with van der Waals surface area (Å²) in [4.78, 5) is 4.97. The second-order valence-electron chi connectivity index (χ2n) is 6.73. The lowest BCUT2D eigenvalue weighted by Gasteiger charge is -2.41. The molecule has 23 heavy (non-hydrogen) atoms. The molecule has 1 saturated heterocycles. The largest absolute Gasteiger partial charge is 0.494 e. The van der Waals surface area contributed by atoms with E-state index in [0.717, 1.165) is 57.9 Å². The molecule has 1 aliphatic rings. The maximum atomic E-state index is 9.61. The molecule has 2 atom stereocenters. The van der Waals surface area contributed by atoms with Crippen LogP contribution in [0.3, 0.4) is 0 Å². The Bertz CT molecular complexity index is 464. The van der Waals surface area contributed by atoms with Gasteiger partial charge < -0.3 is 14.7 Å². The number of rotatable bonds is 8. The number of hydrogen-bond donors (Lipinski definition) is 1. The van der Waals surface area contributed by atoms with Crippen LogP contribution in [0.2, 0.25) is 0 Å². The van der Waals surface area contributed by atoms with Gasteiger partial charge in [0, 0.05) is 38.8 Å². The van der Waals surface area contributed by atoms with Crippen molar-refractivity contribution in [2.75, 3.05) is 39.3 Å². The average Bonchev–Trinajstić information content (AvgIpc) is 2.52. The second-order valence-corrected chi connectivity index (χ2v) is 6.73. The SMILES string of the molecule is CCC1CN(CCCOc2cccc(C)c2)CCN1CC(C)O. The van der Waals surface area contributed by atoms with Gasteiger partial charge in [0.25, 0.3) is 0 Å². The molecular formula is C19H32N2O2. The normalized spacial score (nSPS) is 21.3. The van der Waals surface area contributed by atoms with E-state index < -0.39 is 0 Å². The molecule has 0 bridgehead atoms. The third-order valence-electron chi connectivity index (χ3n) is 4.54. The van der Waals surface area contributed by atoms with E-state index in [2.05, 4.69) is 35.8 Å². The van der Waals surface area contributed by atoms with Crippen molar-refractivity contribution in [3.63, 3.8) is 0 Å². The lowest BCUT2D eigenvalue weighted by Crippen LogP contribution is -2.54. The predicted molar refractivity (Wildman–Crippen MR) is 95.1 cm³/mol. The van der Waals surface area contributed by atoms with Crippen LogP contribution in [0.15, 0.2) is 24.3 Å². The number of aliphatic hydroxyl groups excluding tert-OH is 1. The molecule has 1 fully saturated rings. The summed E-state index contributed by atoms with van der Waals surface area (Å²) in [5.41, 5.74) is 1.24. The molecule has 130 valence electrons. The number of hydrogen-bond acceptors (Lipinski definition) is 4. The van der Waals surface area contributed by atoms with Gasteiger partial charge in [0.05, 0.1) is 12.7 Å². The standard InChI is InChI=1S/C19H32N2O2/c1-4-18-15-20(10-11-21(18)14-17(3)22)9-6-12-23-19-8-5-7-16(2)13-19/h5,7-8,13,17-18,22H,4,6,9-12,14-15H2,1-3H3. The zero-order chi connectivity index (χ0) is 16.7. The van der Waals surface area contributed by atoms with Gasteiger partial charge in [0.1, 0.15) is 5.75 Å². The molecule has 2 unspecified atom stereocenters. The molecule has 0 aromatic heterocycles. The van der Waals surface area contributed by atoms with E-state index >= 15 is 0 Å². The van der Waals surface area contributed by atoms with Crippen LogP contribution in [-0.4, -0.2) is 66.4 Å². The quantitative estimate of drug-likeness (QED) is 0.747. The Morgan fingerprint density at radius 2 is 2.17 bits per heavy atom. The van der Waals surface area contributed by atoms with E-state index in [-0.39, 0.29) is 6.10 Å². The van der Waals surface area contributed by atoms with Crippen LogP contribution in [0.4, 0.5) is 0 Å². The van der Waals surface area contributed by atoms with E-state index in [9.17, 15) is 5.11 Å². The van der Waals surface area contributed by atoms with Crippen LogP contribution in [0, 0.1) is 6.92 Å². The van der Waals surface area contributed by atoms with Crippen molar-refractivity contribution in [1.82, 2.24) is 9.80 Å². The smallest absolute Gasteiger partial charge is 0.119 e. The first-order chi connectivity index (χ1) is 11.1. The van der Waals surface area contributed by atoms with E-state index in [0.29, 0.717) is 6.04 Å². The van der Waals surface area contributed by atoms with Gasteiger partial charge in [-0.25, -0.2) is 0 Å². The van der Waals surface area contributed by atoms with Gasteiger partial charge in [-0.1, -0.05) is 19.1 Å². The highest BCUT2D eigenvalue weighted by Gasteiger charge is 2.25. The van der Waals surface area contributed by atoms with Gasteiger partial charge in [-0.2, -0.15) is 0 Å². The fourth-order valence-electron chi connectivity index (χ4n) is 3.31. The van der Waals surface area contributed by atoms with E-state index in [1.807, 2.05) is 19.1 Å². The van der Waals surface area contributed by atoms with Crippen molar-refractivity contribution in [2.24, 2.45) is 0 Å². The summed E-state index contributed by atoms with van der Waals surface area (Å²) >= 11 is 0. The van der Waals surface area contributed by atoms with Gasteiger partial charge in [0.2, 0.25) is 0 Å². The maximum absolute atomic E-state index is 9.61. The highest BCUT2D eigenvalue weighted by molar-refractivity contribution is 5.27. The van der Waals surface area contributed by atoms with E-state index in [1.165, 1.54) is 5.56 Å². The molecule has 1 heterocycles. The lowest BCUT2D eigenvalue weighted by atomic mass is 10.1. The summed E-state index contributed by atoms with van der Waals surface area (Å²) in [6, 6.07) is 8.80. The van der Waals surface area contributed by atoms with Gasteiger partial charge in [0.15, 0.2) is 0 Å². The van der Waals surface area contributed by atoms with Crippen LogP contribution < -0.4 is 4.74 Å². The van der Waals surface area contributed by atoms with E-state index in [1.54, 1.807) is 0 Å². The zero-order valence-electron chi connectivity index (χ0n) is 14.9. The molecule has 0 aliphatic carbocycles. The van der Waals surface area contributed by atoms with Crippen LogP contribution in [0.25, 0.3) is 0 Å². The Hall–Kier alpha value is -1.10. The summed E-state index contributed by atoms with van der Waals surface area (Å²) in [5, 5.41) is 9.61. The highest BCUT2D eigenvalue weighted by Crippen LogP contribution is 2.15. The molecule has 4 nitrogen and oxygen atoms in total. The highest BCUT2D eigenvalue weighted by atomic mass is 16.5. The van der Waals surface area contributed by atoms with Gasteiger partial charge in [-0.3, -0.25) is 4.90 Å². The molecule has 1 aliphatic heterocycles. The summed E-state index contributed by atoms with van der Waals surface area (Å²) in [6.45, 7) is 12.1. The lowest BCUT2D eigenvalue weighted by molar-refractivity contribution is 0.0351. The first-order valence-electron chi connectivity index (χ1n) is 8.92. The fraction of sp³-hybridized carbons (Fsp3) is 0.684. The van der Waals surface area contributed by atoms with Crippen molar-refractivity contribution in [2.45, 2.75) is 45.8 Å². The van der Waals surface area contributed by atoms with Gasteiger partial charge in [-0.05, 0) is 44.4 Å². The molecule has 0 spiro atoms. The summed E-state index contributed by atoms with van der Waals surface area (Å²) < 4.78 is 5.83. The molecule has 1 aromatic carbocycles. The number of β-amino-alcohol motifs (C(OH)–C–C–N with tert-alkyl or cyclic N) is 1. The Morgan fingerprint density at radius 3 is 2.87 bits per heavy atom. The number of ether oxygens (including phenoxy) is 1. The number of piperazine rings is 1. The van der Waals surface area contributed by atoms with Crippen LogP contribution in [0.5, 0.6) is 5.75 Å². The summed E-state index contributed by atoms with van der Waals surface area (Å²) in [5.74, 6) is 0.971. The number of aliphatic hydroxyl groups is 1. The minimum absolute atomic E-state index is 0.238. The van der Waals surface area contributed by atoms with E-state index in [4.69, 9.17) is 4.74 Å². The average molecular weight is 320 g/mol. The van der Waals surface area contributed by atoms with Crippen molar-refractivity contribution in [3.05, 3.63) is 29.8 Å². The molecule has 0 radical (unpaired) electrons. The molecule has 0 amide bonds. The van der Waals surface area contributed by atoms with Crippen LogP contribution in [-0.2, 0) is 0 Å². The van der Waals surface area contributed by atoms with Crippen molar-refractivity contribution >= 4 is 0 Å². The van der Waals surface area contributed by atoms with Crippen molar-refractivity contribution in [1.29, 1.82) is 0 Å². The minimum atomic E-state index is -0.238. The molecule has 1 aromatic rings. The minimum Gasteiger partial charge on any atom is -0.494 e. The second kappa shape index (κ2) is 9.26. The molecule has 2 rings (SSSR count). The number of benzene rings is 1. The zero-order valence-corrected chi connectivity index (χ0v) is 14.9. The molecule has 4 heteroatoms. The molecule has 1 N–H and O–H groups in total. The predicted octanol–water partition coefficient (Wildman–Crippen LogP) is 2.54. The fourth-order valence-corrected chi connectivity index (χ4v) is 3.31. The first-order valence-corrected chi connectivity index (χ1v) is 8.92. The van der Waals surface area contributed by atoms with Crippen molar-refractivity contribution < 1.29 is 9.84 Å². The summed E-state index contributed by atoms with van der Waals surface area (Å²) in [6.07, 6.45) is 1.96. The topological polar surface area (TPSA) is 35.9 Å². The maximum Gasteiger partial charge on any atom is 0.119 e. The van der Waals surface area contributed by atoms with Gasteiger partial charge >= 0.3 is 0 Å². The Morgan fingerprint density at radius 1 is 1.35 bits per heavy atom. The number of nitrogens with zero attached hydrogens (tertiary/aromatic N) is 2. The Kier molecular flexibility index (Phi) is 7.34. The van der Waals surface area contributed by atoms with Crippen molar-refractivity contribution in [3.8, 4) is 5.75 Å². The Balaban J connectivity index is 1.68. The first kappa shape index (κ1) is 18.2. The third kappa shape index (κ3) is 6.13.